The number of hydrogen-bond donors (Lipinski definition) is 2. The van der Waals surface area contributed by atoms with Crippen molar-refractivity contribution in [3.63, 3.8) is 0 Å². The van der Waals surface area contributed by atoms with E-state index in [1.54, 1.807) is 18.2 Å². The van der Waals surface area contributed by atoms with Gasteiger partial charge >= 0.3 is 0 Å². The maximum Gasteiger partial charge on any atom is 0.283 e. The fraction of sp³-hybridized carbons (Fsp3) is 0.0667. The molecule has 0 bridgehead atoms. The monoisotopic (exact) mass is 338 g/mol. The summed E-state index contributed by atoms with van der Waals surface area (Å²) in [5, 5.41) is 6.19. The van der Waals surface area contributed by atoms with Crippen LogP contribution in [0.25, 0.3) is 0 Å². The van der Waals surface area contributed by atoms with Gasteiger partial charge in [0.15, 0.2) is 4.99 Å². The second-order valence-corrected chi connectivity index (χ2v) is 5.42. The molecular formula is C15H12Cl2N2OS. The summed E-state index contributed by atoms with van der Waals surface area (Å²) < 4.78 is 0. The number of nitrogens with one attached hydrogen (secondary N) is 2. The zero-order valence-corrected chi connectivity index (χ0v) is 13.2. The van der Waals surface area contributed by atoms with Crippen LogP contribution in [0.5, 0.6) is 0 Å². The van der Waals surface area contributed by atoms with Gasteiger partial charge in [-0.25, -0.2) is 0 Å². The number of halogens is 2. The molecule has 2 rings (SSSR count). The van der Waals surface area contributed by atoms with Gasteiger partial charge in [-0.05, 0) is 17.7 Å². The van der Waals surface area contributed by atoms with Crippen LogP contribution in [0.1, 0.15) is 5.56 Å². The third-order valence-corrected chi connectivity index (χ3v) is 3.85. The minimum absolute atomic E-state index is 0.0925. The first-order valence-electron chi connectivity index (χ1n) is 6.15. The molecule has 0 saturated carbocycles. The Kier molecular flexibility index (Phi) is 5.56. The lowest BCUT2D eigenvalue weighted by atomic mass is 10.2. The van der Waals surface area contributed by atoms with Gasteiger partial charge < -0.3 is 10.6 Å². The predicted octanol–water partition coefficient (Wildman–Crippen LogP) is 4.05. The predicted molar refractivity (Wildman–Crippen MR) is 91.0 cm³/mol. The van der Waals surface area contributed by atoms with Gasteiger partial charge in [-0.2, -0.15) is 0 Å². The van der Waals surface area contributed by atoms with Crippen molar-refractivity contribution in [3.8, 4) is 0 Å². The number of thiocarbonyl (C=S) groups is 1. The highest BCUT2D eigenvalue weighted by atomic mass is 35.5. The molecule has 108 valence electrons. The van der Waals surface area contributed by atoms with E-state index in [2.05, 4.69) is 10.6 Å². The molecule has 0 spiro atoms. The molecule has 3 nitrogen and oxygen atoms in total. The molecule has 0 unspecified atom stereocenters. The first-order chi connectivity index (χ1) is 10.1. The van der Waals surface area contributed by atoms with Crippen molar-refractivity contribution >= 4 is 52.0 Å². The van der Waals surface area contributed by atoms with Crippen LogP contribution in [0, 0.1) is 0 Å². The zero-order valence-electron chi connectivity index (χ0n) is 10.9. The third-order valence-electron chi connectivity index (χ3n) is 2.70. The van der Waals surface area contributed by atoms with Crippen molar-refractivity contribution in [2.75, 3.05) is 5.32 Å². The number of carbonyl (C=O) groups is 1. The Hall–Kier alpha value is -1.62. The van der Waals surface area contributed by atoms with E-state index in [1.807, 2.05) is 30.3 Å². The summed E-state index contributed by atoms with van der Waals surface area (Å²) in [4.78, 5) is 12.1. The van der Waals surface area contributed by atoms with Crippen LogP contribution in [-0.4, -0.2) is 10.9 Å². The van der Waals surface area contributed by atoms with Crippen molar-refractivity contribution in [1.82, 2.24) is 5.32 Å². The quantitative estimate of drug-likeness (QED) is 0.829. The van der Waals surface area contributed by atoms with Gasteiger partial charge in [-0.15, -0.1) is 0 Å². The fourth-order valence-corrected chi connectivity index (χ4v) is 2.11. The Bertz CT molecular complexity index is 662. The molecule has 2 aromatic rings. The topological polar surface area (TPSA) is 41.1 Å². The lowest BCUT2D eigenvalue weighted by Gasteiger charge is -2.10. The van der Waals surface area contributed by atoms with E-state index in [0.717, 1.165) is 5.56 Å². The van der Waals surface area contributed by atoms with Crippen LogP contribution in [0.2, 0.25) is 10.0 Å². The van der Waals surface area contributed by atoms with Gasteiger partial charge in [0.25, 0.3) is 5.91 Å². The molecule has 2 N–H and O–H groups in total. The molecule has 0 saturated heterocycles. The summed E-state index contributed by atoms with van der Waals surface area (Å²) in [5.41, 5.74) is 1.46. The number of benzene rings is 2. The summed E-state index contributed by atoms with van der Waals surface area (Å²) in [6.07, 6.45) is 0. The Labute approximate surface area is 138 Å². The summed E-state index contributed by atoms with van der Waals surface area (Å²) in [6.45, 7) is 0.483. The Balaban J connectivity index is 1.94. The molecule has 21 heavy (non-hydrogen) atoms. The van der Waals surface area contributed by atoms with Crippen LogP contribution >= 0.6 is 35.4 Å². The van der Waals surface area contributed by atoms with Crippen molar-refractivity contribution in [1.29, 1.82) is 0 Å². The minimum atomic E-state index is -0.426. The number of amides is 1. The highest BCUT2D eigenvalue weighted by molar-refractivity contribution is 7.82. The third kappa shape index (κ3) is 4.43. The highest BCUT2D eigenvalue weighted by Gasteiger charge is 2.12. The van der Waals surface area contributed by atoms with Crippen LogP contribution in [-0.2, 0) is 11.3 Å². The Morgan fingerprint density at radius 1 is 1.05 bits per heavy atom. The van der Waals surface area contributed by atoms with Crippen molar-refractivity contribution in [3.05, 3.63) is 64.1 Å². The number of anilines is 1. The molecular weight excluding hydrogens is 327 g/mol. The van der Waals surface area contributed by atoms with Crippen LogP contribution in [0.15, 0.2) is 48.5 Å². The van der Waals surface area contributed by atoms with E-state index in [0.29, 0.717) is 22.3 Å². The first kappa shape index (κ1) is 15.8. The van der Waals surface area contributed by atoms with Crippen LogP contribution in [0.4, 0.5) is 5.69 Å². The van der Waals surface area contributed by atoms with E-state index in [9.17, 15) is 4.79 Å². The largest absolute Gasteiger partial charge is 0.368 e. The molecule has 0 aliphatic rings. The minimum Gasteiger partial charge on any atom is -0.368 e. The number of rotatable bonds is 3. The molecule has 0 aromatic heterocycles. The van der Waals surface area contributed by atoms with Gasteiger partial charge in [-0.1, -0.05) is 71.8 Å². The van der Waals surface area contributed by atoms with E-state index in [4.69, 9.17) is 35.4 Å². The zero-order chi connectivity index (χ0) is 15.2. The average Bonchev–Trinajstić information content (AvgIpc) is 2.50. The summed E-state index contributed by atoms with van der Waals surface area (Å²) in [7, 11) is 0. The maximum atomic E-state index is 12.0. The molecule has 0 fully saturated rings. The SMILES string of the molecule is O=C(Nc1cccc(Cl)c1Cl)C(=S)NCc1ccccc1. The molecule has 1 amide bonds. The van der Waals surface area contributed by atoms with Crippen LogP contribution < -0.4 is 10.6 Å². The van der Waals surface area contributed by atoms with Crippen molar-refractivity contribution in [2.45, 2.75) is 6.54 Å². The standard InChI is InChI=1S/C15H12Cl2N2OS/c16-11-7-4-8-12(13(11)17)19-14(20)15(21)18-9-10-5-2-1-3-6-10/h1-8H,9H2,(H,18,21)(H,19,20). The molecule has 0 heterocycles. The number of hydrogen-bond acceptors (Lipinski definition) is 2. The summed E-state index contributed by atoms with van der Waals surface area (Å²) >= 11 is 16.9. The maximum absolute atomic E-state index is 12.0. The van der Waals surface area contributed by atoms with E-state index in [-0.39, 0.29) is 4.99 Å². The normalized spacial score (nSPS) is 10.0. The Morgan fingerprint density at radius 3 is 2.48 bits per heavy atom. The van der Waals surface area contributed by atoms with Gasteiger partial charge in [0.1, 0.15) is 0 Å². The highest BCUT2D eigenvalue weighted by Crippen LogP contribution is 2.29. The Morgan fingerprint density at radius 2 is 1.76 bits per heavy atom. The molecule has 0 aliphatic carbocycles. The van der Waals surface area contributed by atoms with Crippen LogP contribution in [0.3, 0.4) is 0 Å². The van der Waals surface area contributed by atoms with Crippen molar-refractivity contribution in [2.24, 2.45) is 0 Å². The second kappa shape index (κ2) is 7.41. The van der Waals surface area contributed by atoms with Gasteiger partial charge in [0.2, 0.25) is 0 Å². The van der Waals surface area contributed by atoms with E-state index < -0.39 is 5.91 Å². The molecule has 2 aromatic carbocycles. The number of carbonyl (C=O) groups excluding carboxylic acids is 1. The molecule has 0 aliphatic heterocycles. The average molecular weight is 339 g/mol. The van der Waals surface area contributed by atoms with Gasteiger partial charge in [-0.3, -0.25) is 4.79 Å². The van der Waals surface area contributed by atoms with Gasteiger partial charge in [0, 0.05) is 6.54 Å². The molecule has 0 radical (unpaired) electrons. The fourth-order valence-electron chi connectivity index (χ4n) is 1.64. The smallest absolute Gasteiger partial charge is 0.283 e. The molecule has 0 atom stereocenters. The lowest BCUT2D eigenvalue weighted by Crippen LogP contribution is -2.33. The van der Waals surface area contributed by atoms with Crippen molar-refractivity contribution < 1.29 is 4.79 Å². The van der Waals surface area contributed by atoms with Gasteiger partial charge in [0.05, 0.1) is 15.7 Å². The van der Waals surface area contributed by atoms with E-state index in [1.165, 1.54) is 0 Å². The summed E-state index contributed by atoms with van der Waals surface area (Å²) in [6, 6.07) is 14.7. The first-order valence-corrected chi connectivity index (χ1v) is 7.31. The summed E-state index contributed by atoms with van der Waals surface area (Å²) in [5.74, 6) is -0.426. The lowest BCUT2D eigenvalue weighted by molar-refractivity contribution is -0.110. The van der Waals surface area contributed by atoms with E-state index >= 15 is 0 Å². The second-order valence-electron chi connectivity index (χ2n) is 4.22. The molecule has 6 heteroatoms.